The van der Waals surface area contributed by atoms with Crippen LogP contribution in [0.4, 0.5) is 0 Å². The molecular formula is C18H30O4. The van der Waals surface area contributed by atoms with E-state index in [1.165, 1.54) is 19.3 Å². The van der Waals surface area contributed by atoms with Crippen LogP contribution in [-0.2, 0) is 19.1 Å². The van der Waals surface area contributed by atoms with Crippen LogP contribution in [0.1, 0.15) is 65.7 Å². The second-order valence-corrected chi connectivity index (χ2v) is 5.15. The maximum Gasteiger partial charge on any atom is 0.310 e. The van der Waals surface area contributed by atoms with Gasteiger partial charge in [-0.05, 0) is 37.8 Å². The van der Waals surface area contributed by atoms with Gasteiger partial charge in [-0.25, -0.2) is 0 Å². The van der Waals surface area contributed by atoms with Gasteiger partial charge in [0.25, 0.3) is 0 Å². The van der Waals surface area contributed by atoms with Crippen molar-refractivity contribution in [3.63, 3.8) is 0 Å². The number of carbonyl (C=O) groups excluding carboxylic acids is 2. The number of hydrogen-bond donors (Lipinski definition) is 0. The van der Waals surface area contributed by atoms with Crippen LogP contribution < -0.4 is 0 Å². The summed E-state index contributed by atoms with van der Waals surface area (Å²) in [6.45, 7) is 10.3. The number of hydrogen-bond acceptors (Lipinski definition) is 4. The first kappa shape index (κ1) is 20.4. The zero-order valence-corrected chi connectivity index (χ0v) is 14.3. The summed E-state index contributed by atoms with van der Waals surface area (Å²) < 4.78 is 9.91. The van der Waals surface area contributed by atoms with Gasteiger partial charge in [-0.2, -0.15) is 0 Å². The van der Waals surface area contributed by atoms with Crippen LogP contribution in [0.25, 0.3) is 0 Å². The lowest BCUT2D eigenvalue weighted by atomic mass is 9.99. The smallest absolute Gasteiger partial charge is 0.310 e. The summed E-state index contributed by atoms with van der Waals surface area (Å²) >= 11 is 0. The minimum absolute atomic E-state index is 0.119. The van der Waals surface area contributed by atoms with Gasteiger partial charge >= 0.3 is 11.9 Å². The number of carbonyl (C=O) groups is 2. The van der Waals surface area contributed by atoms with Crippen LogP contribution in [0.15, 0.2) is 23.8 Å². The summed E-state index contributed by atoms with van der Waals surface area (Å²) in [5.41, 5.74) is 1.44. The summed E-state index contributed by atoms with van der Waals surface area (Å²) in [6, 6.07) is 0. The van der Waals surface area contributed by atoms with Gasteiger partial charge in [0.05, 0.1) is 26.1 Å². The summed E-state index contributed by atoms with van der Waals surface area (Å²) in [4.78, 5) is 23.2. The Balaban J connectivity index is 4.61. The van der Waals surface area contributed by atoms with Crippen LogP contribution in [0.3, 0.4) is 0 Å². The monoisotopic (exact) mass is 310 g/mol. The molecule has 0 heterocycles. The first-order chi connectivity index (χ1) is 10.5. The van der Waals surface area contributed by atoms with Crippen molar-refractivity contribution in [1.82, 2.24) is 0 Å². The molecule has 0 aromatic rings. The predicted molar refractivity (Wildman–Crippen MR) is 88.5 cm³/mol. The Morgan fingerprint density at radius 3 is 2.05 bits per heavy atom. The summed E-state index contributed by atoms with van der Waals surface area (Å²) in [7, 11) is 0. The van der Waals surface area contributed by atoms with Crippen molar-refractivity contribution in [3.05, 3.63) is 23.8 Å². The Kier molecular flexibility index (Phi) is 12.2. The molecule has 0 aromatic heterocycles. The van der Waals surface area contributed by atoms with Crippen molar-refractivity contribution in [1.29, 1.82) is 0 Å². The Bertz CT molecular complexity index is 383. The molecule has 0 aliphatic rings. The first-order valence-electron chi connectivity index (χ1n) is 8.23. The van der Waals surface area contributed by atoms with Crippen molar-refractivity contribution >= 4 is 11.9 Å². The lowest BCUT2D eigenvalue weighted by Crippen LogP contribution is -2.10. The quantitative estimate of drug-likeness (QED) is 0.305. The largest absolute Gasteiger partial charge is 0.466 e. The maximum absolute atomic E-state index is 11.7. The molecule has 0 saturated heterocycles. The van der Waals surface area contributed by atoms with Crippen LogP contribution in [0.2, 0.25) is 0 Å². The average molecular weight is 310 g/mol. The highest BCUT2D eigenvalue weighted by Crippen LogP contribution is 2.19. The second-order valence-electron chi connectivity index (χ2n) is 5.15. The van der Waals surface area contributed by atoms with E-state index in [0.29, 0.717) is 18.8 Å². The van der Waals surface area contributed by atoms with Gasteiger partial charge in [-0.1, -0.05) is 38.8 Å². The van der Waals surface area contributed by atoms with Crippen LogP contribution in [-0.4, -0.2) is 25.2 Å². The van der Waals surface area contributed by atoms with E-state index in [0.717, 1.165) is 18.4 Å². The zero-order valence-electron chi connectivity index (χ0n) is 14.3. The van der Waals surface area contributed by atoms with Crippen LogP contribution in [0.5, 0.6) is 0 Å². The standard InChI is InChI=1S/C18H30O4/c1-5-8-9-10-11-12-16(14-18(20)22-7-3)15(4)13-17(19)21-6-2/h12H,4-11,13-14H2,1-3H3/b16-12+. The zero-order chi connectivity index (χ0) is 16.8. The third kappa shape index (κ3) is 10.2. The minimum atomic E-state index is -0.312. The highest BCUT2D eigenvalue weighted by Gasteiger charge is 2.13. The molecule has 0 fully saturated rings. The SMILES string of the molecule is C=C(CC(=O)OCC)/C(=C/CCCCCC)CC(=O)OCC. The van der Waals surface area contributed by atoms with E-state index < -0.39 is 0 Å². The van der Waals surface area contributed by atoms with E-state index in [1.807, 2.05) is 6.08 Å². The van der Waals surface area contributed by atoms with Gasteiger partial charge in [0, 0.05) is 0 Å². The van der Waals surface area contributed by atoms with E-state index in [2.05, 4.69) is 13.5 Å². The number of ether oxygens (including phenoxy) is 2. The molecule has 0 aliphatic carbocycles. The van der Waals surface area contributed by atoms with Crippen molar-refractivity contribution < 1.29 is 19.1 Å². The number of rotatable bonds is 12. The Morgan fingerprint density at radius 2 is 1.50 bits per heavy atom. The van der Waals surface area contributed by atoms with Crippen molar-refractivity contribution in [2.24, 2.45) is 0 Å². The topological polar surface area (TPSA) is 52.6 Å². The molecule has 0 atom stereocenters. The van der Waals surface area contributed by atoms with Gasteiger partial charge in [0.15, 0.2) is 0 Å². The molecule has 0 aromatic carbocycles. The van der Waals surface area contributed by atoms with Gasteiger partial charge < -0.3 is 9.47 Å². The van der Waals surface area contributed by atoms with E-state index in [4.69, 9.17) is 9.47 Å². The van der Waals surface area contributed by atoms with Gasteiger partial charge in [-0.15, -0.1) is 0 Å². The fourth-order valence-corrected chi connectivity index (χ4v) is 2.06. The summed E-state index contributed by atoms with van der Waals surface area (Å²) in [5.74, 6) is -0.597. The minimum Gasteiger partial charge on any atom is -0.466 e. The molecular weight excluding hydrogens is 280 g/mol. The van der Waals surface area contributed by atoms with E-state index in [9.17, 15) is 9.59 Å². The highest BCUT2D eigenvalue weighted by atomic mass is 16.5. The van der Waals surface area contributed by atoms with E-state index in [1.54, 1.807) is 13.8 Å². The number of esters is 2. The molecule has 22 heavy (non-hydrogen) atoms. The highest BCUT2D eigenvalue weighted by molar-refractivity contribution is 5.77. The number of allylic oxidation sites excluding steroid dienone is 1. The van der Waals surface area contributed by atoms with Crippen LogP contribution in [0, 0.1) is 0 Å². The molecule has 0 N–H and O–H groups in total. The molecule has 0 amide bonds. The van der Waals surface area contributed by atoms with Crippen molar-refractivity contribution in [3.8, 4) is 0 Å². The molecule has 0 aliphatic heterocycles. The molecule has 0 spiro atoms. The summed E-state index contributed by atoms with van der Waals surface area (Å²) in [5, 5.41) is 0. The Labute approximate surface area is 134 Å². The van der Waals surface area contributed by atoms with Crippen LogP contribution >= 0.6 is 0 Å². The Hall–Kier alpha value is -1.58. The van der Waals surface area contributed by atoms with Gasteiger partial charge in [-0.3, -0.25) is 9.59 Å². The maximum atomic E-state index is 11.7. The third-order valence-electron chi connectivity index (χ3n) is 3.21. The molecule has 0 bridgehead atoms. The molecule has 126 valence electrons. The lowest BCUT2D eigenvalue weighted by molar-refractivity contribution is -0.143. The molecule has 0 rings (SSSR count). The van der Waals surface area contributed by atoms with E-state index >= 15 is 0 Å². The van der Waals surface area contributed by atoms with Crippen molar-refractivity contribution in [2.45, 2.75) is 65.7 Å². The van der Waals surface area contributed by atoms with E-state index in [-0.39, 0.29) is 24.8 Å². The normalized spacial score (nSPS) is 11.1. The molecule has 0 unspecified atom stereocenters. The summed E-state index contributed by atoms with van der Waals surface area (Å²) in [6.07, 6.45) is 7.83. The second kappa shape index (κ2) is 13.1. The average Bonchev–Trinajstić information content (AvgIpc) is 2.46. The fourth-order valence-electron chi connectivity index (χ4n) is 2.06. The Morgan fingerprint density at radius 1 is 0.909 bits per heavy atom. The lowest BCUT2D eigenvalue weighted by Gasteiger charge is -2.11. The molecule has 0 radical (unpaired) electrons. The van der Waals surface area contributed by atoms with Gasteiger partial charge in [0.1, 0.15) is 0 Å². The van der Waals surface area contributed by atoms with Gasteiger partial charge in [0.2, 0.25) is 0 Å². The fraction of sp³-hybridized carbons (Fsp3) is 0.667. The third-order valence-corrected chi connectivity index (χ3v) is 3.21. The first-order valence-corrected chi connectivity index (χ1v) is 8.23. The van der Waals surface area contributed by atoms with Crippen molar-refractivity contribution in [2.75, 3.05) is 13.2 Å². The molecule has 4 heteroatoms. The molecule has 0 saturated carbocycles. The number of unbranched alkanes of at least 4 members (excludes halogenated alkanes) is 4. The predicted octanol–water partition coefficient (Wildman–Crippen LogP) is 4.35. The molecule has 4 nitrogen and oxygen atoms in total.